The molecular formula is C14H17BrF3N. The van der Waals surface area contributed by atoms with Crippen LogP contribution in [0.3, 0.4) is 0 Å². The Kier molecular flexibility index (Phi) is 4.43. The molecule has 0 saturated heterocycles. The van der Waals surface area contributed by atoms with Gasteiger partial charge in [0.1, 0.15) is 0 Å². The molecule has 5 heteroatoms. The summed E-state index contributed by atoms with van der Waals surface area (Å²) in [5.41, 5.74) is -0.407. The van der Waals surface area contributed by atoms with Crippen LogP contribution >= 0.6 is 15.9 Å². The Morgan fingerprint density at radius 2 is 2.00 bits per heavy atom. The molecule has 0 aromatic heterocycles. The summed E-state index contributed by atoms with van der Waals surface area (Å²) in [6.07, 6.45) is -0.196. The number of nitrogens with one attached hydrogen (secondary N) is 1. The molecule has 106 valence electrons. The van der Waals surface area contributed by atoms with Crippen LogP contribution in [0.4, 0.5) is 18.9 Å². The fourth-order valence-electron chi connectivity index (χ4n) is 2.66. The maximum atomic E-state index is 13.0. The highest BCUT2D eigenvalue weighted by molar-refractivity contribution is 9.10. The Morgan fingerprint density at radius 1 is 1.26 bits per heavy atom. The first-order chi connectivity index (χ1) is 8.86. The molecule has 1 fully saturated rings. The van der Waals surface area contributed by atoms with E-state index in [0.717, 1.165) is 25.3 Å². The van der Waals surface area contributed by atoms with E-state index < -0.39 is 11.7 Å². The first-order valence-corrected chi connectivity index (χ1v) is 7.29. The number of benzene rings is 1. The Labute approximate surface area is 119 Å². The molecule has 1 aliphatic rings. The van der Waals surface area contributed by atoms with Crippen LogP contribution in [0.1, 0.15) is 38.2 Å². The molecule has 0 amide bonds. The van der Waals surface area contributed by atoms with Gasteiger partial charge in [-0.25, -0.2) is 0 Å². The lowest BCUT2D eigenvalue weighted by atomic mass is 9.87. The van der Waals surface area contributed by atoms with Crippen molar-refractivity contribution in [3.63, 3.8) is 0 Å². The van der Waals surface area contributed by atoms with Crippen LogP contribution in [0.2, 0.25) is 0 Å². The quantitative estimate of drug-likeness (QED) is 0.756. The minimum Gasteiger partial charge on any atom is -0.382 e. The Balaban J connectivity index is 2.20. The summed E-state index contributed by atoms with van der Waals surface area (Å²) >= 11 is 3.10. The Bertz CT molecular complexity index is 445. The van der Waals surface area contributed by atoms with Crippen molar-refractivity contribution in [3.05, 3.63) is 28.2 Å². The molecule has 0 bridgehead atoms. The van der Waals surface area contributed by atoms with E-state index in [0.29, 0.717) is 10.4 Å². The summed E-state index contributed by atoms with van der Waals surface area (Å²) in [6.45, 7) is 2.15. The van der Waals surface area contributed by atoms with Gasteiger partial charge in [0, 0.05) is 16.2 Å². The second-order valence-electron chi connectivity index (χ2n) is 5.30. The summed E-state index contributed by atoms with van der Waals surface area (Å²) in [7, 11) is 0. The van der Waals surface area contributed by atoms with Crippen molar-refractivity contribution >= 4 is 21.6 Å². The van der Waals surface area contributed by atoms with Crippen molar-refractivity contribution in [2.75, 3.05) is 5.32 Å². The van der Waals surface area contributed by atoms with Gasteiger partial charge in [0.05, 0.1) is 5.56 Å². The molecule has 0 aliphatic heterocycles. The number of hydrogen-bond acceptors (Lipinski definition) is 1. The van der Waals surface area contributed by atoms with Crippen molar-refractivity contribution in [3.8, 4) is 0 Å². The lowest BCUT2D eigenvalue weighted by Crippen LogP contribution is -2.27. The maximum Gasteiger partial charge on any atom is 0.418 e. The predicted molar refractivity (Wildman–Crippen MR) is 74.2 cm³/mol. The molecule has 0 radical (unpaired) electrons. The third-order valence-corrected chi connectivity index (χ3v) is 4.08. The fraction of sp³-hybridized carbons (Fsp3) is 0.571. The van der Waals surface area contributed by atoms with Gasteiger partial charge in [0.2, 0.25) is 0 Å². The summed E-state index contributed by atoms with van der Waals surface area (Å²) in [4.78, 5) is 0. The molecule has 1 aromatic carbocycles. The largest absolute Gasteiger partial charge is 0.418 e. The molecule has 2 atom stereocenters. The van der Waals surface area contributed by atoms with Gasteiger partial charge in [-0.3, -0.25) is 0 Å². The van der Waals surface area contributed by atoms with Crippen LogP contribution in [0.25, 0.3) is 0 Å². The van der Waals surface area contributed by atoms with E-state index >= 15 is 0 Å². The van der Waals surface area contributed by atoms with Gasteiger partial charge in [-0.15, -0.1) is 0 Å². The van der Waals surface area contributed by atoms with Crippen LogP contribution in [-0.2, 0) is 6.18 Å². The van der Waals surface area contributed by atoms with Gasteiger partial charge in [0.15, 0.2) is 0 Å². The van der Waals surface area contributed by atoms with Gasteiger partial charge < -0.3 is 5.32 Å². The van der Waals surface area contributed by atoms with Gasteiger partial charge in [-0.2, -0.15) is 13.2 Å². The number of hydrogen-bond donors (Lipinski definition) is 1. The third-order valence-electron chi connectivity index (χ3n) is 3.58. The van der Waals surface area contributed by atoms with E-state index in [2.05, 4.69) is 28.2 Å². The molecule has 2 unspecified atom stereocenters. The van der Waals surface area contributed by atoms with Crippen LogP contribution in [0.5, 0.6) is 0 Å². The van der Waals surface area contributed by atoms with Crippen molar-refractivity contribution in [2.45, 2.75) is 44.8 Å². The van der Waals surface area contributed by atoms with Gasteiger partial charge in [-0.1, -0.05) is 35.7 Å². The highest BCUT2D eigenvalue weighted by atomic mass is 79.9. The van der Waals surface area contributed by atoms with E-state index in [1.165, 1.54) is 12.5 Å². The first-order valence-electron chi connectivity index (χ1n) is 6.49. The van der Waals surface area contributed by atoms with Crippen LogP contribution in [-0.4, -0.2) is 6.04 Å². The summed E-state index contributed by atoms with van der Waals surface area (Å²) in [5.74, 6) is 0.580. The zero-order chi connectivity index (χ0) is 14.0. The van der Waals surface area contributed by atoms with E-state index in [4.69, 9.17) is 0 Å². The van der Waals surface area contributed by atoms with Crippen LogP contribution < -0.4 is 5.32 Å². The smallest absolute Gasteiger partial charge is 0.382 e. The molecule has 0 heterocycles. The highest BCUT2D eigenvalue weighted by Crippen LogP contribution is 2.38. The van der Waals surface area contributed by atoms with Gasteiger partial charge in [-0.05, 0) is 37.0 Å². The minimum absolute atomic E-state index is 0.144. The Hall–Kier alpha value is -0.710. The van der Waals surface area contributed by atoms with Crippen molar-refractivity contribution in [2.24, 2.45) is 5.92 Å². The second-order valence-corrected chi connectivity index (χ2v) is 6.22. The highest BCUT2D eigenvalue weighted by Gasteiger charge is 2.34. The molecule has 1 aliphatic carbocycles. The van der Waals surface area contributed by atoms with E-state index in [1.54, 1.807) is 6.07 Å². The van der Waals surface area contributed by atoms with Crippen molar-refractivity contribution < 1.29 is 13.2 Å². The molecule has 19 heavy (non-hydrogen) atoms. The summed E-state index contributed by atoms with van der Waals surface area (Å²) in [6, 6.07) is 4.43. The van der Waals surface area contributed by atoms with E-state index in [1.807, 2.05) is 0 Å². The zero-order valence-electron chi connectivity index (χ0n) is 10.7. The van der Waals surface area contributed by atoms with Crippen LogP contribution in [0, 0.1) is 5.92 Å². The van der Waals surface area contributed by atoms with Gasteiger partial charge >= 0.3 is 6.18 Å². The minimum atomic E-state index is -4.33. The number of rotatable bonds is 2. The Morgan fingerprint density at radius 3 is 2.63 bits per heavy atom. The van der Waals surface area contributed by atoms with E-state index in [9.17, 15) is 13.2 Å². The predicted octanol–water partition coefficient (Wildman–Crippen LogP) is 5.46. The molecule has 0 spiro atoms. The number of halogens is 4. The normalized spacial score (nSPS) is 24.3. The topological polar surface area (TPSA) is 12.0 Å². The second kappa shape index (κ2) is 5.73. The molecule has 1 N–H and O–H groups in total. The summed E-state index contributed by atoms with van der Waals surface area (Å²) < 4.78 is 39.4. The maximum absolute atomic E-state index is 13.0. The molecule has 1 nitrogen and oxygen atoms in total. The first kappa shape index (κ1) is 14.7. The molecule has 1 saturated carbocycles. The number of alkyl halides is 3. The third kappa shape index (κ3) is 3.88. The monoisotopic (exact) mass is 335 g/mol. The SMILES string of the molecule is CC1CCCC(Nc2ccc(Br)cc2C(F)(F)F)C1. The average Bonchev–Trinajstić information content (AvgIpc) is 2.30. The van der Waals surface area contributed by atoms with Gasteiger partial charge in [0.25, 0.3) is 0 Å². The summed E-state index contributed by atoms with van der Waals surface area (Å²) in [5, 5.41) is 3.07. The molecule has 2 rings (SSSR count). The lowest BCUT2D eigenvalue weighted by Gasteiger charge is -2.29. The average molecular weight is 336 g/mol. The number of anilines is 1. The molecular weight excluding hydrogens is 319 g/mol. The van der Waals surface area contributed by atoms with Crippen LogP contribution in [0.15, 0.2) is 22.7 Å². The standard InChI is InChI=1S/C14H17BrF3N/c1-9-3-2-4-11(7-9)19-13-6-5-10(15)8-12(13)14(16,17)18/h5-6,8-9,11,19H,2-4,7H2,1H3. The van der Waals surface area contributed by atoms with Crippen molar-refractivity contribution in [1.82, 2.24) is 0 Å². The lowest BCUT2D eigenvalue weighted by molar-refractivity contribution is -0.137. The van der Waals surface area contributed by atoms with E-state index in [-0.39, 0.29) is 11.7 Å². The zero-order valence-corrected chi connectivity index (χ0v) is 12.3. The van der Waals surface area contributed by atoms with Crippen molar-refractivity contribution in [1.29, 1.82) is 0 Å². The molecule has 1 aromatic rings. The fourth-order valence-corrected chi connectivity index (χ4v) is 3.02.